The summed E-state index contributed by atoms with van der Waals surface area (Å²) >= 11 is 0.966. The second kappa shape index (κ2) is 7.25. The highest BCUT2D eigenvalue weighted by molar-refractivity contribution is 7.91. The van der Waals surface area contributed by atoms with Crippen molar-refractivity contribution in [3.05, 3.63) is 55.9 Å². The minimum Gasteiger partial charge on any atom is -0.316 e. The Balaban J connectivity index is 1.84. The van der Waals surface area contributed by atoms with E-state index < -0.39 is 31.2 Å². The van der Waals surface area contributed by atoms with Gasteiger partial charge in [0.05, 0.1) is 15.9 Å². The Bertz CT molecular complexity index is 1370. The third-order valence-electron chi connectivity index (χ3n) is 3.81. The number of rotatable bonds is 6. The van der Waals surface area contributed by atoms with Crippen LogP contribution in [0.15, 0.2) is 49.0 Å². The van der Waals surface area contributed by atoms with Gasteiger partial charge < -0.3 is 9.97 Å². The molecule has 0 aliphatic rings. The zero-order valence-electron chi connectivity index (χ0n) is 14.7. The van der Waals surface area contributed by atoms with Crippen molar-refractivity contribution in [2.24, 2.45) is 0 Å². The van der Waals surface area contributed by atoms with Crippen LogP contribution in [0.3, 0.4) is 0 Å². The molecule has 0 spiro atoms. The van der Waals surface area contributed by atoms with E-state index in [0.717, 1.165) is 15.6 Å². The highest BCUT2D eigenvalue weighted by Gasteiger charge is 2.20. The highest BCUT2D eigenvalue weighted by atomic mass is 32.2. The number of benzene rings is 1. The molecular weight excluding hydrogens is 428 g/mol. The number of hydrogen-bond acceptors (Lipinski definition) is 7. The quantitative estimate of drug-likeness (QED) is 0.456. The molecule has 0 saturated heterocycles. The van der Waals surface area contributed by atoms with Gasteiger partial charge in [-0.15, -0.1) is 11.3 Å². The van der Waals surface area contributed by atoms with Crippen LogP contribution < -0.4 is 15.8 Å². The molecule has 0 saturated carbocycles. The van der Waals surface area contributed by atoms with Gasteiger partial charge in [-0.1, -0.05) is 0 Å². The normalized spacial score (nSPS) is 12.7. The third-order valence-corrected chi connectivity index (χ3v) is 8.58. The van der Waals surface area contributed by atoms with Gasteiger partial charge in [0, 0.05) is 25.5 Å². The summed E-state index contributed by atoms with van der Waals surface area (Å²) in [5, 5.41) is 0. The topological polar surface area (TPSA) is 149 Å². The molecule has 0 aliphatic heterocycles. The smallest absolute Gasteiger partial charge is 0.314 e. The molecule has 0 atom stereocenters. The van der Waals surface area contributed by atoms with E-state index in [2.05, 4.69) is 14.7 Å². The molecule has 13 heteroatoms. The van der Waals surface area contributed by atoms with Gasteiger partial charge in [-0.2, -0.15) is 0 Å². The van der Waals surface area contributed by atoms with E-state index in [-0.39, 0.29) is 21.2 Å². The molecule has 3 rings (SSSR count). The third kappa shape index (κ3) is 3.93. The van der Waals surface area contributed by atoms with Gasteiger partial charge in [-0.25, -0.2) is 25.9 Å². The van der Waals surface area contributed by atoms with Crippen molar-refractivity contribution < 1.29 is 16.8 Å². The standard InChI is InChI=1S/C15H16N4O6S3/c1-19(2)28(24,25)13-6-3-9(26-13)8-16-27(22,23)10-4-5-11-12(7-10)18-15(21)14(20)17-11/h3-7,16H,8H2,1-2H3,(H,17,20)(H,18,21). The van der Waals surface area contributed by atoms with Crippen LogP contribution in [0, 0.1) is 0 Å². The first-order chi connectivity index (χ1) is 13.0. The lowest BCUT2D eigenvalue weighted by molar-refractivity contribution is 0.523. The Labute approximate surface area is 163 Å². The van der Waals surface area contributed by atoms with Gasteiger partial charge in [0.2, 0.25) is 10.0 Å². The minimum absolute atomic E-state index is 0.101. The van der Waals surface area contributed by atoms with Crippen LogP contribution in [0.4, 0.5) is 0 Å². The largest absolute Gasteiger partial charge is 0.316 e. The van der Waals surface area contributed by atoms with Crippen LogP contribution >= 0.6 is 11.3 Å². The molecule has 0 amide bonds. The molecule has 1 aromatic carbocycles. The van der Waals surface area contributed by atoms with Crippen molar-refractivity contribution in [3.63, 3.8) is 0 Å². The summed E-state index contributed by atoms with van der Waals surface area (Å²) in [7, 11) is -4.69. The SMILES string of the molecule is CN(C)S(=O)(=O)c1ccc(CNS(=O)(=O)c2ccc3[nH]c(=O)c(=O)[nH]c3c2)s1. The Kier molecular flexibility index (Phi) is 5.29. The van der Waals surface area contributed by atoms with Crippen LogP contribution in [0.1, 0.15) is 4.88 Å². The van der Waals surface area contributed by atoms with Gasteiger partial charge in [0.15, 0.2) is 0 Å². The lowest BCUT2D eigenvalue weighted by Gasteiger charge is -2.08. The molecule has 0 fully saturated rings. The summed E-state index contributed by atoms with van der Waals surface area (Å²) < 4.78 is 52.8. The number of hydrogen-bond donors (Lipinski definition) is 3. The average Bonchev–Trinajstić information content (AvgIpc) is 3.10. The Hall–Kier alpha value is -2.32. The van der Waals surface area contributed by atoms with E-state index in [9.17, 15) is 26.4 Å². The second-order valence-electron chi connectivity index (χ2n) is 5.95. The first-order valence-electron chi connectivity index (χ1n) is 7.78. The average molecular weight is 445 g/mol. The molecule has 28 heavy (non-hydrogen) atoms. The van der Waals surface area contributed by atoms with Crippen molar-refractivity contribution in [2.75, 3.05) is 14.1 Å². The molecular formula is C15H16N4O6S3. The van der Waals surface area contributed by atoms with Crippen LogP contribution in [0.5, 0.6) is 0 Å². The molecule has 0 unspecified atom stereocenters. The van der Waals surface area contributed by atoms with Crippen LogP contribution in [-0.2, 0) is 26.6 Å². The van der Waals surface area contributed by atoms with Gasteiger partial charge in [-0.05, 0) is 30.3 Å². The van der Waals surface area contributed by atoms with Crippen molar-refractivity contribution in [2.45, 2.75) is 15.6 Å². The highest BCUT2D eigenvalue weighted by Crippen LogP contribution is 2.24. The zero-order chi connectivity index (χ0) is 20.7. The molecule has 0 radical (unpaired) electrons. The molecule has 3 N–H and O–H groups in total. The summed E-state index contributed by atoms with van der Waals surface area (Å²) in [5.41, 5.74) is -1.26. The van der Waals surface area contributed by atoms with Gasteiger partial charge in [0.25, 0.3) is 10.0 Å². The van der Waals surface area contributed by atoms with Gasteiger partial charge >= 0.3 is 11.1 Å². The van der Waals surface area contributed by atoms with Crippen molar-refractivity contribution in [1.29, 1.82) is 0 Å². The maximum absolute atomic E-state index is 12.5. The Morgan fingerprint density at radius 1 is 0.964 bits per heavy atom. The van der Waals surface area contributed by atoms with E-state index in [1.807, 2.05) is 0 Å². The molecule has 2 aromatic heterocycles. The molecule has 2 heterocycles. The maximum atomic E-state index is 12.5. The summed E-state index contributed by atoms with van der Waals surface area (Å²) in [4.78, 5) is 27.8. The van der Waals surface area contributed by atoms with Crippen LogP contribution in [0.2, 0.25) is 0 Å². The maximum Gasteiger partial charge on any atom is 0.314 e. The van der Waals surface area contributed by atoms with Gasteiger partial charge in [0.1, 0.15) is 4.21 Å². The Morgan fingerprint density at radius 3 is 2.25 bits per heavy atom. The van der Waals surface area contributed by atoms with Crippen molar-refractivity contribution >= 4 is 42.4 Å². The monoisotopic (exact) mass is 444 g/mol. The minimum atomic E-state index is -3.93. The van der Waals surface area contributed by atoms with E-state index in [1.54, 1.807) is 0 Å². The molecule has 0 aliphatic carbocycles. The van der Waals surface area contributed by atoms with E-state index in [0.29, 0.717) is 10.4 Å². The lowest BCUT2D eigenvalue weighted by atomic mass is 10.3. The number of thiophene rings is 1. The number of nitrogens with zero attached hydrogens (tertiary/aromatic N) is 1. The number of fused-ring (bicyclic) bond motifs is 1. The first kappa shape index (κ1) is 20.4. The fourth-order valence-corrected chi connectivity index (χ4v) is 5.87. The predicted molar refractivity (Wildman–Crippen MR) is 104 cm³/mol. The molecule has 150 valence electrons. The Morgan fingerprint density at radius 2 is 1.61 bits per heavy atom. The number of H-pyrrole nitrogens is 2. The number of sulfonamides is 2. The summed E-state index contributed by atoms with van der Waals surface area (Å²) in [6, 6.07) is 6.84. The van der Waals surface area contributed by atoms with Crippen molar-refractivity contribution in [1.82, 2.24) is 19.0 Å². The van der Waals surface area contributed by atoms with E-state index in [1.165, 1.54) is 44.4 Å². The predicted octanol–water partition coefficient (Wildman–Crippen LogP) is 0.00670. The molecule has 0 bridgehead atoms. The summed E-state index contributed by atoms with van der Waals surface area (Å²) in [6.07, 6.45) is 0. The number of aromatic amines is 2. The second-order valence-corrected chi connectivity index (χ2v) is 11.3. The fraction of sp³-hybridized carbons (Fsp3) is 0.200. The molecule has 3 aromatic rings. The number of aromatic nitrogens is 2. The summed E-state index contributed by atoms with van der Waals surface area (Å²) in [5.74, 6) is 0. The van der Waals surface area contributed by atoms with Crippen LogP contribution in [-0.4, -0.2) is 45.2 Å². The molecule has 10 nitrogen and oxygen atoms in total. The van der Waals surface area contributed by atoms with E-state index >= 15 is 0 Å². The van der Waals surface area contributed by atoms with Crippen LogP contribution in [0.25, 0.3) is 11.0 Å². The first-order valence-corrected chi connectivity index (χ1v) is 11.5. The number of nitrogens with one attached hydrogen (secondary N) is 3. The van der Waals surface area contributed by atoms with E-state index in [4.69, 9.17) is 0 Å². The zero-order valence-corrected chi connectivity index (χ0v) is 17.2. The summed E-state index contributed by atoms with van der Waals surface area (Å²) in [6.45, 7) is -0.101. The lowest BCUT2D eigenvalue weighted by Crippen LogP contribution is -2.29. The fourth-order valence-electron chi connectivity index (χ4n) is 2.28. The van der Waals surface area contributed by atoms with Crippen molar-refractivity contribution in [3.8, 4) is 0 Å². The van der Waals surface area contributed by atoms with Gasteiger partial charge in [-0.3, -0.25) is 9.59 Å².